The highest BCUT2D eigenvalue weighted by atomic mass is 35.5. The molecule has 0 aliphatic heterocycles. The monoisotopic (exact) mass is 194 g/mol. The van der Waals surface area contributed by atoms with Crippen molar-refractivity contribution in [2.24, 2.45) is 5.73 Å². The Morgan fingerprint density at radius 1 is 1.31 bits per heavy atom. The van der Waals surface area contributed by atoms with Gasteiger partial charge in [0, 0.05) is 35.2 Å². The van der Waals surface area contributed by atoms with Crippen LogP contribution in [0.5, 0.6) is 0 Å². The maximum atomic E-state index is 5.87. The van der Waals surface area contributed by atoms with Gasteiger partial charge in [0.15, 0.2) is 0 Å². The second-order valence-electron chi connectivity index (χ2n) is 3.00. The van der Waals surface area contributed by atoms with Crippen molar-refractivity contribution in [2.45, 2.75) is 6.54 Å². The first-order valence-corrected chi connectivity index (χ1v) is 4.63. The van der Waals surface area contributed by atoms with Crippen LogP contribution in [0.15, 0.2) is 30.5 Å². The van der Waals surface area contributed by atoms with E-state index in [4.69, 9.17) is 17.3 Å². The molecule has 1 heterocycles. The number of hydrogen-bond acceptors (Lipinski definition) is 1. The molecular weight excluding hydrogens is 184 g/mol. The summed E-state index contributed by atoms with van der Waals surface area (Å²) in [5.74, 6) is 0. The zero-order valence-electron chi connectivity index (χ0n) is 7.20. The molecule has 0 bridgehead atoms. The van der Waals surface area contributed by atoms with Crippen LogP contribution in [0.2, 0.25) is 5.02 Å². The zero-order chi connectivity index (χ0) is 9.26. The van der Waals surface area contributed by atoms with Crippen LogP contribution in [0.4, 0.5) is 0 Å². The third kappa shape index (κ3) is 1.55. The fourth-order valence-electron chi connectivity index (χ4n) is 1.51. The molecule has 13 heavy (non-hydrogen) atoms. The van der Waals surface area contributed by atoms with Crippen molar-refractivity contribution in [3.8, 4) is 0 Å². The molecule has 1 aromatic carbocycles. The van der Waals surface area contributed by atoms with Gasteiger partial charge in [0.2, 0.25) is 0 Å². The number of benzene rings is 1. The van der Waals surface area contributed by atoms with E-state index in [2.05, 4.69) is 10.6 Å². The van der Waals surface area contributed by atoms with E-state index in [1.54, 1.807) is 0 Å². The molecule has 68 valence electrons. The summed E-state index contributed by atoms with van der Waals surface area (Å²) >= 11 is 5.87. The third-order valence-electron chi connectivity index (χ3n) is 2.10. The van der Waals surface area contributed by atoms with Crippen molar-refractivity contribution in [3.05, 3.63) is 35.5 Å². The SMILES string of the molecule is NCCn1ccc2cc(Cl)ccc21. The van der Waals surface area contributed by atoms with Crippen molar-refractivity contribution < 1.29 is 0 Å². The van der Waals surface area contributed by atoms with Crippen molar-refractivity contribution in [1.29, 1.82) is 0 Å². The van der Waals surface area contributed by atoms with E-state index in [-0.39, 0.29) is 0 Å². The number of rotatable bonds is 2. The van der Waals surface area contributed by atoms with E-state index in [1.807, 2.05) is 24.4 Å². The molecular formula is C10H11ClN2. The van der Waals surface area contributed by atoms with Gasteiger partial charge in [0.25, 0.3) is 0 Å². The molecule has 2 aromatic rings. The Morgan fingerprint density at radius 3 is 2.92 bits per heavy atom. The average molecular weight is 195 g/mol. The lowest BCUT2D eigenvalue weighted by Crippen LogP contribution is -2.08. The maximum Gasteiger partial charge on any atom is 0.0481 e. The molecule has 0 radical (unpaired) electrons. The van der Waals surface area contributed by atoms with Crippen molar-refractivity contribution in [1.82, 2.24) is 4.57 Å². The summed E-state index contributed by atoms with van der Waals surface area (Å²) in [5.41, 5.74) is 6.68. The molecule has 0 amide bonds. The van der Waals surface area contributed by atoms with Gasteiger partial charge >= 0.3 is 0 Å². The van der Waals surface area contributed by atoms with Gasteiger partial charge in [0.1, 0.15) is 0 Å². The van der Waals surface area contributed by atoms with Crippen LogP contribution in [0.25, 0.3) is 10.9 Å². The van der Waals surface area contributed by atoms with Crippen LogP contribution >= 0.6 is 11.6 Å². The number of halogens is 1. The summed E-state index contributed by atoms with van der Waals surface area (Å²) in [6.45, 7) is 1.51. The van der Waals surface area contributed by atoms with Crippen LogP contribution in [0, 0.1) is 0 Å². The number of fused-ring (bicyclic) bond motifs is 1. The molecule has 1 aromatic heterocycles. The van der Waals surface area contributed by atoms with E-state index >= 15 is 0 Å². The first-order chi connectivity index (χ1) is 6.31. The summed E-state index contributed by atoms with van der Waals surface area (Å²) in [6.07, 6.45) is 2.04. The average Bonchev–Trinajstić information content (AvgIpc) is 2.49. The molecule has 0 aliphatic rings. The predicted molar refractivity (Wildman–Crippen MR) is 56.0 cm³/mol. The number of aromatic nitrogens is 1. The lowest BCUT2D eigenvalue weighted by Gasteiger charge is -2.01. The molecule has 2 rings (SSSR count). The van der Waals surface area contributed by atoms with E-state index < -0.39 is 0 Å². The van der Waals surface area contributed by atoms with Gasteiger partial charge < -0.3 is 10.3 Å². The van der Waals surface area contributed by atoms with E-state index in [9.17, 15) is 0 Å². The zero-order valence-corrected chi connectivity index (χ0v) is 7.96. The summed E-state index contributed by atoms with van der Waals surface area (Å²) in [7, 11) is 0. The molecule has 0 saturated carbocycles. The smallest absolute Gasteiger partial charge is 0.0481 e. The summed E-state index contributed by atoms with van der Waals surface area (Å²) < 4.78 is 2.13. The molecule has 0 unspecified atom stereocenters. The quantitative estimate of drug-likeness (QED) is 0.781. The Labute approximate surface area is 81.9 Å². The number of nitrogens with zero attached hydrogens (tertiary/aromatic N) is 1. The van der Waals surface area contributed by atoms with E-state index in [0.29, 0.717) is 6.54 Å². The van der Waals surface area contributed by atoms with E-state index in [1.165, 1.54) is 10.9 Å². The Kier molecular flexibility index (Phi) is 2.25. The highest BCUT2D eigenvalue weighted by Crippen LogP contribution is 2.20. The molecule has 0 spiro atoms. The van der Waals surface area contributed by atoms with Gasteiger partial charge in [0.05, 0.1) is 0 Å². The second kappa shape index (κ2) is 3.40. The Hall–Kier alpha value is -0.990. The van der Waals surface area contributed by atoms with Crippen molar-refractivity contribution in [2.75, 3.05) is 6.54 Å². The number of nitrogens with two attached hydrogens (primary N) is 1. The van der Waals surface area contributed by atoms with Crippen LogP contribution in [0.3, 0.4) is 0 Å². The Balaban J connectivity index is 2.55. The minimum absolute atomic E-state index is 0.659. The molecule has 0 fully saturated rings. The minimum Gasteiger partial charge on any atom is -0.346 e. The summed E-state index contributed by atoms with van der Waals surface area (Å²) in [6, 6.07) is 7.94. The fourth-order valence-corrected chi connectivity index (χ4v) is 1.69. The fraction of sp³-hybridized carbons (Fsp3) is 0.200. The van der Waals surface area contributed by atoms with Crippen LogP contribution in [0.1, 0.15) is 0 Å². The molecule has 0 aliphatic carbocycles. The van der Waals surface area contributed by atoms with Crippen LogP contribution < -0.4 is 5.73 Å². The summed E-state index contributed by atoms with van der Waals surface area (Å²) in [4.78, 5) is 0. The molecule has 0 atom stereocenters. The molecule has 2 N–H and O–H groups in total. The van der Waals surface area contributed by atoms with Crippen LogP contribution in [-0.4, -0.2) is 11.1 Å². The normalized spacial score (nSPS) is 10.9. The van der Waals surface area contributed by atoms with Crippen molar-refractivity contribution >= 4 is 22.5 Å². The standard InChI is InChI=1S/C10H11ClN2/c11-9-1-2-10-8(7-9)3-5-13(10)6-4-12/h1-3,5,7H,4,6,12H2. The molecule has 3 heteroatoms. The first kappa shape index (κ1) is 8.60. The Morgan fingerprint density at radius 2 is 2.15 bits per heavy atom. The largest absolute Gasteiger partial charge is 0.346 e. The minimum atomic E-state index is 0.659. The van der Waals surface area contributed by atoms with Gasteiger partial charge in [-0.25, -0.2) is 0 Å². The van der Waals surface area contributed by atoms with Gasteiger partial charge in [-0.2, -0.15) is 0 Å². The topological polar surface area (TPSA) is 30.9 Å². The third-order valence-corrected chi connectivity index (χ3v) is 2.34. The summed E-state index contributed by atoms with van der Waals surface area (Å²) in [5, 5.41) is 1.94. The first-order valence-electron chi connectivity index (χ1n) is 4.26. The molecule has 0 saturated heterocycles. The highest BCUT2D eigenvalue weighted by Gasteiger charge is 1.99. The van der Waals surface area contributed by atoms with Gasteiger partial charge in [-0.3, -0.25) is 0 Å². The predicted octanol–water partition coefficient (Wildman–Crippen LogP) is 2.25. The maximum absolute atomic E-state index is 5.87. The van der Waals surface area contributed by atoms with Gasteiger partial charge in [-0.15, -0.1) is 0 Å². The number of hydrogen-bond donors (Lipinski definition) is 1. The van der Waals surface area contributed by atoms with Crippen LogP contribution in [-0.2, 0) is 6.54 Å². The molecule has 2 nitrogen and oxygen atoms in total. The second-order valence-corrected chi connectivity index (χ2v) is 3.44. The van der Waals surface area contributed by atoms with Gasteiger partial charge in [-0.1, -0.05) is 11.6 Å². The lowest BCUT2D eigenvalue weighted by molar-refractivity contribution is 0.735. The lowest BCUT2D eigenvalue weighted by atomic mass is 10.2. The van der Waals surface area contributed by atoms with E-state index in [0.717, 1.165) is 11.6 Å². The highest BCUT2D eigenvalue weighted by molar-refractivity contribution is 6.31. The van der Waals surface area contributed by atoms with Gasteiger partial charge in [-0.05, 0) is 24.3 Å². The van der Waals surface area contributed by atoms with Crippen molar-refractivity contribution in [3.63, 3.8) is 0 Å². The Bertz CT molecular complexity index is 420.